The molecule has 0 aliphatic heterocycles. The fourth-order valence-corrected chi connectivity index (χ4v) is 1.80. The van der Waals surface area contributed by atoms with E-state index in [-0.39, 0.29) is 5.82 Å². The van der Waals surface area contributed by atoms with Gasteiger partial charge < -0.3 is 4.57 Å². The lowest BCUT2D eigenvalue weighted by atomic mass is 10.1. The Hall–Kier alpha value is -2.16. The highest BCUT2D eigenvalue weighted by molar-refractivity contribution is 5.63. The lowest BCUT2D eigenvalue weighted by Gasteiger charge is -2.00. The Kier molecular flexibility index (Phi) is 3.42. The molecule has 0 bridgehead atoms. The number of imidazole rings is 1. The predicted molar refractivity (Wildman–Crippen MR) is 73.5 cm³/mol. The molecule has 0 fully saturated rings. The van der Waals surface area contributed by atoms with Gasteiger partial charge in [-0.05, 0) is 37.6 Å². The summed E-state index contributed by atoms with van der Waals surface area (Å²) >= 11 is 0. The van der Waals surface area contributed by atoms with E-state index in [1.165, 1.54) is 6.07 Å². The van der Waals surface area contributed by atoms with Gasteiger partial charge in [-0.2, -0.15) is 0 Å². The molecule has 1 heterocycles. The number of hydrogen-bond donors (Lipinski definition) is 0. The molecule has 2 aromatic rings. The first-order chi connectivity index (χ1) is 8.65. The van der Waals surface area contributed by atoms with Crippen LogP contribution >= 0.6 is 0 Å². The van der Waals surface area contributed by atoms with E-state index in [0.29, 0.717) is 17.1 Å². The Balaban J connectivity index is 2.54. The summed E-state index contributed by atoms with van der Waals surface area (Å²) in [5.41, 5.74) is 2.01. The molecule has 1 aromatic carbocycles. The zero-order valence-electron chi connectivity index (χ0n) is 10.5. The normalized spacial score (nSPS) is 11.1. The van der Waals surface area contributed by atoms with Crippen molar-refractivity contribution in [3.05, 3.63) is 54.3 Å². The summed E-state index contributed by atoms with van der Waals surface area (Å²) in [6, 6.07) is 5.14. The fraction of sp³-hybridized carbons (Fsp3) is 0.133. The van der Waals surface area contributed by atoms with Gasteiger partial charge in [-0.15, -0.1) is 0 Å². The van der Waals surface area contributed by atoms with E-state index in [2.05, 4.69) is 11.6 Å². The van der Waals surface area contributed by atoms with E-state index >= 15 is 0 Å². The minimum atomic E-state index is -0.254. The van der Waals surface area contributed by atoms with Gasteiger partial charge in [-0.1, -0.05) is 18.7 Å². The lowest BCUT2D eigenvalue weighted by Crippen LogP contribution is -1.86. The summed E-state index contributed by atoms with van der Waals surface area (Å²) in [7, 11) is 0. The van der Waals surface area contributed by atoms with Crippen LogP contribution in [0.2, 0.25) is 0 Å². The molecule has 18 heavy (non-hydrogen) atoms. The monoisotopic (exact) mass is 242 g/mol. The smallest absolute Gasteiger partial charge is 0.136 e. The standard InChI is InChI=1S/C15H15FN2/c1-4-8-18-10-14(17-15(18)5-2)12-7-6-11(3)9-13(12)16/h4-10H,2H2,1,3H3/b8-4-. The van der Waals surface area contributed by atoms with Crippen LogP contribution in [-0.2, 0) is 0 Å². The second-order valence-electron chi connectivity index (χ2n) is 4.06. The van der Waals surface area contributed by atoms with Crippen molar-refractivity contribution in [3.63, 3.8) is 0 Å². The lowest BCUT2D eigenvalue weighted by molar-refractivity contribution is 0.629. The number of benzene rings is 1. The minimum Gasteiger partial charge on any atom is -0.307 e. The van der Waals surface area contributed by atoms with Crippen LogP contribution in [0.5, 0.6) is 0 Å². The number of aryl methyl sites for hydroxylation is 1. The molecular formula is C15H15FN2. The molecule has 2 rings (SSSR count). The summed E-state index contributed by atoms with van der Waals surface area (Å²) in [4.78, 5) is 4.36. The van der Waals surface area contributed by atoms with Gasteiger partial charge in [0.1, 0.15) is 11.6 Å². The quantitative estimate of drug-likeness (QED) is 0.791. The van der Waals surface area contributed by atoms with Crippen LogP contribution in [0.4, 0.5) is 4.39 Å². The van der Waals surface area contributed by atoms with Crippen molar-refractivity contribution in [3.8, 4) is 11.3 Å². The van der Waals surface area contributed by atoms with Crippen LogP contribution in [-0.4, -0.2) is 9.55 Å². The molecular weight excluding hydrogens is 227 g/mol. The topological polar surface area (TPSA) is 17.8 Å². The van der Waals surface area contributed by atoms with Crippen LogP contribution in [0.3, 0.4) is 0 Å². The van der Waals surface area contributed by atoms with Gasteiger partial charge >= 0.3 is 0 Å². The Morgan fingerprint density at radius 2 is 2.17 bits per heavy atom. The van der Waals surface area contributed by atoms with E-state index in [1.54, 1.807) is 18.3 Å². The molecule has 0 amide bonds. The number of hydrogen-bond acceptors (Lipinski definition) is 1. The molecule has 1 aromatic heterocycles. The van der Waals surface area contributed by atoms with E-state index in [9.17, 15) is 4.39 Å². The zero-order valence-corrected chi connectivity index (χ0v) is 10.5. The number of nitrogens with zero attached hydrogens (tertiary/aromatic N) is 2. The zero-order chi connectivity index (χ0) is 13.1. The summed E-state index contributed by atoms with van der Waals surface area (Å²) in [6.45, 7) is 7.48. The van der Waals surface area contributed by atoms with Crippen LogP contribution in [0.25, 0.3) is 23.5 Å². The molecule has 0 atom stereocenters. The Bertz CT molecular complexity index is 609. The van der Waals surface area contributed by atoms with E-state index in [0.717, 1.165) is 5.56 Å². The summed E-state index contributed by atoms with van der Waals surface area (Å²) in [5, 5.41) is 0. The van der Waals surface area contributed by atoms with Gasteiger partial charge in [0.25, 0.3) is 0 Å². The number of rotatable bonds is 3. The van der Waals surface area contributed by atoms with Gasteiger partial charge in [-0.25, -0.2) is 9.37 Å². The first-order valence-corrected chi connectivity index (χ1v) is 5.76. The molecule has 0 spiro atoms. The van der Waals surface area contributed by atoms with E-state index in [4.69, 9.17) is 0 Å². The molecule has 0 radical (unpaired) electrons. The summed E-state index contributed by atoms with van der Waals surface area (Å²) < 4.78 is 15.7. The molecule has 0 saturated carbocycles. The van der Waals surface area contributed by atoms with E-state index in [1.807, 2.05) is 36.8 Å². The fourth-order valence-electron chi connectivity index (χ4n) is 1.80. The van der Waals surface area contributed by atoms with Crippen molar-refractivity contribution in [2.24, 2.45) is 0 Å². The Labute approximate surface area is 106 Å². The molecule has 0 aliphatic rings. The highest BCUT2D eigenvalue weighted by Gasteiger charge is 2.10. The van der Waals surface area contributed by atoms with Crippen molar-refractivity contribution < 1.29 is 4.39 Å². The van der Waals surface area contributed by atoms with Gasteiger partial charge in [-0.3, -0.25) is 0 Å². The highest BCUT2D eigenvalue weighted by Crippen LogP contribution is 2.23. The SMILES string of the molecule is C=Cc1nc(-c2ccc(C)cc2F)cn1/C=C\C. The molecule has 2 nitrogen and oxygen atoms in total. The molecule has 3 heteroatoms. The van der Waals surface area contributed by atoms with Crippen LogP contribution in [0, 0.1) is 12.7 Å². The molecule has 92 valence electrons. The molecule has 0 saturated heterocycles. The Morgan fingerprint density at radius 1 is 1.39 bits per heavy atom. The van der Waals surface area contributed by atoms with Crippen LogP contribution in [0.1, 0.15) is 18.3 Å². The van der Waals surface area contributed by atoms with Gasteiger partial charge in [0.05, 0.1) is 5.69 Å². The summed E-state index contributed by atoms with van der Waals surface area (Å²) in [6.07, 6.45) is 7.20. The first-order valence-electron chi connectivity index (χ1n) is 5.76. The molecule has 0 aliphatic carbocycles. The van der Waals surface area contributed by atoms with Crippen molar-refractivity contribution in [2.75, 3.05) is 0 Å². The largest absolute Gasteiger partial charge is 0.307 e. The first kappa shape index (κ1) is 12.3. The second-order valence-corrected chi connectivity index (χ2v) is 4.06. The molecule has 0 N–H and O–H groups in total. The molecule has 0 unspecified atom stereocenters. The van der Waals surface area contributed by atoms with Crippen molar-refractivity contribution in [1.29, 1.82) is 0 Å². The van der Waals surface area contributed by atoms with E-state index < -0.39 is 0 Å². The van der Waals surface area contributed by atoms with Gasteiger partial charge in [0.2, 0.25) is 0 Å². The highest BCUT2D eigenvalue weighted by atomic mass is 19.1. The van der Waals surface area contributed by atoms with Gasteiger partial charge in [0.15, 0.2) is 0 Å². The van der Waals surface area contributed by atoms with Gasteiger partial charge in [0, 0.05) is 18.0 Å². The maximum atomic E-state index is 13.9. The third-order valence-electron chi connectivity index (χ3n) is 2.65. The average molecular weight is 242 g/mol. The van der Waals surface area contributed by atoms with Crippen molar-refractivity contribution in [1.82, 2.24) is 9.55 Å². The number of halogens is 1. The maximum absolute atomic E-state index is 13.9. The minimum absolute atomic E-state index is 0.254. The number of allylic oxidation sites excluding steroid dienone is 1. The number of aromatic nitrogens is 2. The third-order valence-corrected chi connectivity index (χ3v) is 2.65. The maximum Gasteiger partial charge on any atom is 0.136 e. The second kappa shape index (κ2) is 5.00. The predicted octanol–water partition coefficient (Wildman–Crippen LogP) is 4.13. The van der Waals surface area contributed by atoms with Crippen molar-refractivity contribution >= 4 is 12.3 Å². The average Bonchev–Trinajstić information content (AvgIpc) is 2.72. The Morgan fingerprint density at radius 3 is 2.78 bits per heavy atom. The summed E-state index contributed by atoms with van der Waals surface area (Å²) in [5.74, 6) is 0.443. The van der Waals surface area contributed by atoms with Crippen molar-refractivity contribution in [2.45, 2.75) is 13.8 Å². The van der Waals surface area contributed by atoms with Crippen LogP contribution in [0.15, 0.2) is 37.1 Å². The third kappa shape index (κ3) is 2.25. The van der Waals surface area contributed by atoms with Crippen LogP contribution < -0.4 is 0 Å².